The van der Waals surface area contributed by atoms with Gasteiger partial charge in [0.2, 0.25) is 11.8 Å². The lowest BCUT2D eigenvalue weighted by Gasteiger charge is -2.33. The van der Waals surface area contributed by atoms with Crippen molar-refractivity contribution in [3.8, 4) is 0 Å². The van der Waals surface area contributed by atoms with Gasteiger partial charge in [0.05, 0.1) is 16.1 Å². The zero-order valence-electron chi connectivity index (χ0n) is 22.9. The molecule has 0 spiro atoms. The number of benzene rings is 3. The number of nitrogens with zero attached hydrogens (tertiary/aromatic N) is 2. The van der Waals surface area contributed by atoms with E-state index in [0.29, 0.717) is 10.4 Å². The summed E-state index contributed by atoms with van der Waals surface area (Å²) in [5.41, 5.74) is -2.14. The number of carbonyl (C=O) groups excluding carboxylic acids is 2. The van der Waals surface area contributed by atoms with Crippen molar-refractivity contribution in [2.75, 3.05) is 10.8 Å². The fourth-order valence-electron chi connectivity index (χ4n) is 3.95. The number of alkyl halides is 3. The number of sulfonamides is 1. The quantitative estimate of drug-likeness (QED) is 0.338. The summed E-state index contributed by atoms with van der Waals surface area (Å²) in [6, 6.07) is 14.9. The van der Waals surface area contributed by atoms with E-state index in [4.69, 9.17) is 0 Å². The van der Waals surface area contributed by atoms with Gasteiger partial charge in [-0.05, 0) is 64.1 Å². The number of hydrogen-bond acceptors (Lipinski definition) is 4. The van der Waals surface area contributed by atoms with Gasteiger partial charge in [-0.15, -0.1) is 0 Å². The van der Waals surface area contributed by atoms with Crippen LogP contribution in [0.2, 0.25) is 0 Å². The molecule has 220 valence electrons. The zero-order chi connectivity index (χ0) is 30.6. The SMILES string of the molecule is C[C@@H](C(=O)NC(C)(C)C)N(Cc1ccccc1F)C(=O)CN(c1cccc(C(F)(F)F)c1)S(=O)(=O)c1ccccc1. The molecule has 0 radical (unpaired) electrons. The van der Waals surface area contributed by atoms with E-state index in [1.807, 2.05) is 0 Å². The van der Waals surface area contributed by atoms with Crippen LogP contribution in [-0.4, -0.2) is 43.3 Å². The van der Waals surface area contributed by atoms with E-state index in [0.717, 1.165) is 23.1 Å². The molecule has 0 saturated carbocycles. The van der Waals surface area contributed by atoms with Crippen LogP contribution in [0.25, 0.3) is 0 Å². The standard InChI is InChI=1S/C29H31F4N3O4S/c1-20(27(38)34-28(2,3)4)35(18-21-11-8-9-16-25(21)30)26(37)19-36(41(39,40)24-14-6-5-7-15-24)23-13-10-12-22(17-23)29(31,32)33/h5-17,20H,18-19H2,1-4H3,(H,34,38)/t20-/m0/s1. The van der Waals surface area contributed by atoms with Crippen molar-refractivity contribution in [1.29, 1.82) is 0 Å². The van der Waals surface area contributed by atoms with Gasteiger partial charge in [0.1, 0.15) is 18.4 Å². The van der Waals surface area contributed by atoms with Gasteiger partial charge in [-0.1, -0.05) is 42.5 Å². The molecule has 3 rings (SSSR count). The first kappa shape index (κ1) is 31.6. The summed E-state index contributed by atoms with van der Waals surface area (Å²) in [7, 11) is -4.56. The Hall–Kier alpha value is -3.93. The lowest BCUT2D eigenvalue weighted by Crippen LogP contribution is -2.54. The average molecular weight is 594 g/mol. The van der Waals surface area contributed by atoms with E-state index in [1.54, 1.807) is 26.8 Å². The van der Waals surface area contributed by atoms with Crippen LogP contribution >= 0.6 is 0 Å². The highest BCUT2D eigenvalue weighted by atomic mass is 32.2. The third-order valence-electron chi connectivity index (χ3n) is 6.04. The first-order valence-electron chi connectivity index (χ1n) is 12.6. The molecule has 12 heteroatoms. The summed E-state index contributed by atoms with van der Waals surface area (Å²) < 4.78 is 83.1. The van der Waals surface area contributed by atoms with Crippen LogP contribution in [0.1, 0.15) is 38.8 Å². The Bertz CT molecular complexity index is 1490. The smallest absolute Gasteiger partial charge is 0.350 e. The Morgan fingerprint density at radius 1 is 0.902 bits per heavy atom. The molecule has 0 aliphatic heterocycles. The van der Waals surface area contributed by atoms with Gasteiger partial charge in [-0.25, -0.2) is 12.8 Å². The molecule has 0 aromatic heterocycles. The predicted molar refractivity (Wildman–Crippen MR) is 147 cm³/mol. The number of halogens is 4. The van der Waals surface area contributed by atoms with E-state index in [9.17, 15) is 35.6 Å². The van der Waals surface area contributed by atoms with Crippen LogP contribution in [0.15, 0.2) is 83.8 Å². The molecular weight excluding hydrogens is 562 g/mol. The summed E-state index contributed by atoms with van der Waals surface area (Å²) in [6.07, 6.45) is -4.78. The van der Waals surface area contributed by atoms with Crippen LogP contribution in [-0.2, 0) is 32.3 Å². The van der Waals surface area contributed by atoms with E-state index in [1.165, 1.54) is 55.5 Å². The highest BCUT2D eigenvalue weighted by Gasteiger charge is 2.36. The van der Waals surface area contributed by atoms with Crippen molar-refractivity contribution in [2.45, 2.75) is 56.9 Å². The van der Waals surface area contributed by atoms with Crippen molar-refractivity contribution < 1.29 is 35.6 Å². The molecule has 41 heavy (non-hydrogen) atoms. The molecule has 3 aromatic carbocycles. The van der Waals surface area contributed by atoms with Gasteiger partial charge >= 0.3 is 6.18 Å². The highest BCUT2D eigenvalue weighted by molar-refractivity contribution is 7.92. The second-order valence-corrected chi connectivity index (χ2v) is 12.3. The van der Waals surface area contributed by atoms with Gasteiger partial charge in [-0.3, -0.25) is 13.9 Å². The Kier molecular flexibility index (Phi) is 9.47. The van der Waals surface area contributed by atoms with E-state index in [-0.39, 0.29) is 10.5 Å². The Labute approximate surface area is 236 Å². The van der Waals surface area contributed by atoms with E-state index >= 15 is 0 Å². The summed E-state index contributed by atoms with van der Waals surface area (Å²) in [4.78, 5) is 27.6. The van der Waals surface area contributed by atoms with Crippen LogP contribution in [0, 0.1) is 5.82 Å². The van der Waals surface area contributed by atoms with Crippen molar-refractivity contribution in [1.82, 2.24) is 10.2 Å². The predicted octanol–water partition coefficient (Wildman–Crippen LogP) is 5.37. The third kappa shape index (κ3) is 8.06. The summed E-state index contributed by atoms with van der Waals surface area (Å²) in [6.45, 7) is 5.22. The lowest BCUT2D eigenvalue weighted by molar-refractivity contribution is -0.140. The van der Waals surface area contributed by atoms with Gasteiger partial charge in [0, 0.05) is 17.6 Å². The number of carbonyl (C=O) groups is 2. The number of amides is 2. The monoisotopic (exact) mass is 593 g/mol. The molecule has 1 N–H and O–H groups in total. The molecule has 0 bridgehead atoms. The molecule has 7 nitrogen and oxygen atoms in total. The van der Waals surface area contributed by atoms with E-state index < -0.39 is 69.8 Å². The minimum atomic E-state index is -4.78. The first-order valence-corrected chi connectivity index (χ1v) is 14.0. The first-order chi connectivity index (χ1) is 19.0. The van der Waals surface area contributed by atoms with Gasteiger partial charge in [0.15, 0.2) is 0 Å². The van der Waals surface area contributed by atoms with Gasteiger partial charge in [-0.2, -0.15) is 13.2 Å². The summed E-state index contributed by atoms with van der Waals surface area (Å²) in [5, 5.41) is 2.74. The van der Waals surface area contributed by atoms with Crippen LogP contribution < -0.4 is 9.62 Å². The van der Waals surface area contributed by atoms with Crippen molar-refractivity contribution in [2.24, 2.45) is 0 Å². The zero-order valence-corrected chi connectivity index (χ0v) is 23.8. The maximum absolute atomic E-state index is 14.6. The molecule has 3 aromatic rings. The van der Waals surface area contributed by atoms with Crippen molar-refractivity contribution >= 4 is 27.5 Å². The Balaban J connectivity index is 2.10. The van der Waals surface area contributed by atoms with Gasteiger partial charge in [0.25, 0.3) is 10.0 Å². The highest BCUT2D eigenvalue weighted by Crippen LogP contribution is 2.33. The van der Waals surface area contributed by atoms with E-state index in [2.05, 4.69) is 5.32 Å². The second-order valence-electron chi connectivity index (χ2n) is 10.4. The summed E-state index contributed by atoms with van der Waals surface area (Å²) in [5.74, 6) is -2.17. The van der Waals surface area contributed by atoms with Crippen molar-refractivity contribution in [3.63, 3.8) is 0 Å². The lowest BCUT2D eigenvalue weighted by atomic mass is 10.1. The molecule has 0 unspecified atom stereocenters. The normalized spacial score (nSPS) is 12.9. The largest absolute Gasteiger partial charge is 0.416 e. The molecule has 1 atom stereocenters. The Morgan fingerprint density at radius 2 is 1.51 bits per heavy atom. The number of rotatable bonds is 9. The van der Waals surface area contributed by atoms with Crippen LogP contribution in [0.5, 0.6) is 0 Å². The molecule has 0 aliphatic carbocycles. The maximum Gasteiger partial charge on any atom is 0.416 e. The molecule has 0 saturated heterocycles. The Morgan fingerprint density at radius 3 is 2.10 bits per heavy atom. The molecule has 0 heterocycles. The molecule has 0 aliphatic rings. The van der Waals surface area contributed by atoms with Crippen molar-refractivity contribution in [3.05, 3.63) is 95.8 Å². The minimum Gasteiger partial charge on any atom is -0.350 e. The second kappa shape index (κ2) is 12.3. The fourth-order valence-corrected chi connectivity index (χ4v) is 5.38. The number of anilines is 1. The third-order valence-corrected chi connectivity index (χ3v) is 7.82. The van der Waals surface area contributed by atoms with Crippen LogP contribution in [0.3, 0.4) is 0 Å². The minimum absolute atomic E-state index is 0.0628. The molecule has 0 fully saturated rings. The molecular formula is C29H31F4N3O4S. The number of hydrogen-bond donors (Lipinski definition) is 1. The van der Waals surface area contributed by atoms with Crippen LogP contribution in [0.4, 0.5) is 23.2 Å². The maximum atomic E-state index is 14.6. The topological polar surface area (TPSA) is 86.8 Å². The number of nitrogens with one attached hydrogen (secondary N) is 1. The van der Waals surface area contributed by atoms with Gasteiger partial charge < -0.3 is 10.2 Å². The fraction of sp³-hybridized carbons (Fsp3) is 0.310. The average Bonchev–Trinajstić information content (AvgIpc) is 2.89. The molecule has 2 amide bonds. The summed E-state index contributed by atoms with van der Waals surface area (Å²) >= 11 is 0.